The quantitative estimate of drug-likeness (QED) is 0.592. The van der Waals surface area contributed by atoms with Crippen LogP contribution in [0.2, 0.25) is 0 Å². The summed E-state index contributed by atoms with van der Waals surface area (Å²) in [5.41, 5.74) is -0.154. The molecule has 1 aliphatic carbocycles. The smallest absolute Gasteiger partial charge is 0.222 e. The first-order valence-corrected chi connectivity index (χ1v) is 13.5. The fourth-order valence-electron chi connectivity index (χ4n) is 4.69. The van der Waals surface area contributed by atoms with E-state index in [1.54, 1.807) is 4.90 Å². The van der Waals surface area contributed by atoms with Crippen LogP contribution in [0.1, 0.15) is 91.9 Å². The van der Waals surface area contributed by atoms with Crippen molar-refractivity contribution in [2.75, 3.05) is 26.7 Å². The van der Waals surface area contributed by atoms with E-state index in [0.29, 0.717) is 24.8 Å². The molecule has 1 saturated carbocycles. The summed E-state index contributed by atoms with van der Waals surface area (Å²) in [6.45, 7) is 10.5. The Kier molecular flexibility index (Phi) is 14.8. The van der Waals surface area contributed by atoms with Gasteiger partial charge >= 0.3 is 0 Å². The van der Waals surface area contributed by atoms with E-state index < -0.39 is 0 Å². The van der Waals surface area contributed by atoms with Gasteiger partial charge in [0.15, 0.2) is 0 Å². The highest BCUT2D eigenvalue weighted by atomic mass is 16.3. The van der Waals surface area contributed by atoms with E-state index >= 15 is 0 Å². The monoisotopic (exact) mass is 474 g/mol. The first-order valence-electron chi connectivity index (χ1n) is 13.5. The predicted molar refractivity (Wildman–Crippen MR) is 141 cm³/mol. The second-order valence-electron chi connectivity index (χ2n) is 10.2. The highest BCUT2D eigenvalue weighted by Crippen LogP contribution is 2.31. The van der Waals surface area contributed by atoms with Crippen molar-refractivity contribution in [2.45, 2.75) is 98.0 Å². The minimum absolute atomic E-state index is 0.154. The lowest BCUT2D eigenvalue weighted by Gasteiger charge is -2.42. The number of hydrogen-bond acceptors (Lipinski definition) is 3. The molecule has 34 heavy (non-hydrogen) atoms. The van der Waals surface area contributed by atoms with Gasteiger partial charge in [0.25, 0.3) is 0 Å². The van der Waals surface area contributed by atoms with Gasteiger partial charge in [0.2, 0.25) is 11.8 Å². The SMILES string of the molecule is CC.CC1(C)CN(C(=O)CCC2CCCCC2)CCC1O.CN1CCCC1=O.c1ccccc1. The van der Waals surface area contributed by atoms with Gasteiger partial charge in [0.05, 0.1) is 6.10 Å². The lowest BCUT2D eigenvalue weighted by atomic mass is 9.81. The van der Waals surface area contributed by atoms with E-state index in [-0.39, 0.29) is 11.5 Å². The van der Waals surface area contributed by atoms with Crippen molar-refractivity contribution in [1.82, 2.24) is 9.80 Å². The second kappa shape index (κ2) is 16.7. The van der Waals surface area contributed by atoms with Crippen molar-refractivity contribution in [1.29, 1.82) is 0 Å². The molecule has 1 N–H and O–H groups in total. The van der Waals surface area contributed by atoms with E-state index in [1.807, 2.05) is 62.2 Å². The molecule has 5 heteroatoms. The summed E-state index contributed by atoms with van der Waals surface area (Å²) in [7, 11) is 1.84. The summed E-state index contributed by atoms with van der Waals surface area (Å²) in [5, 5.41) is 9.93. The molecular weight excluding hydrogens is 424 g/mol. The van der Waals surface area contributed by atoms with E-state index in [9.17, 15) is 14.7 Å². The molecule has 1 atom stereocenters. The number of amides is 2. The zero-order valence-corrected chi connectivity index (χ0v) is 22.5. The van der Waals surface area contributed by atoms with Gasteiger partial charge in [-0.2, -0.15) is 0 Å². The maximum atomic E-state index is 12.3. The van der Waals surface area contributed by atoms with Crippen LogP contribution in [0.4, 0.5) is 0 Å². The second-order valence-corrected chi connectivity index (χ2v) is 10.2. The predicted octanol–water partition coefficient (Wildman–Crippen LogP) is 5.92. The number of piperidine rings is 1. The molecule has 2 amide bonds. The molecule has 1 aromatic carbocycles. The number of likely N-dealkylation sites (tertiary alicyclic amines) is 2. The lowest BCUT2D eigenvalue weighted by molar-refractivity contribution is -0.138. The van der Waals surface area contributed by atoms with Crippen molar-refractivity contribution >= 4 is 11.8 Å². The van der Waals surface area contributed by atoms with Crippen LogP contribution >= 0.6 is 0 Å². The van der Waals surface area contributed by atoms with E-state index in [2.05, 4.69) is 13.8 Å². The summed E-state index contributed by atoms with van der Waals surface area (Å²) in [5.74, 6) is 1.37. The van der Waals surface area contributed by atoms with Crippen LogP contribution in [0.5, 0.6) is 0 Å². The Morgan fingerprint density at radius 1 is 0.941 bits per heavy atom. The van der Waals surface area contributed by atoms with Gasteiger partial charge in [-0.1, -0.05) is 96.2 Å². The summed E-state index contributed by atoms with van der Waals surface area (Å²) < 4.78 is 0. The van der Waals surface area contributed by atoms with E-state index in [1.165, 1.54) is 32.1 Å². The number of carbonyl (C=O) groups excluding carboxylic acids is 2. The molecule has 194 valence electrons. The molecule has 3 fully saturated rings. The average molecular weight is 475 g/mol. The molecule has 3 aliphatic rings. The molecule has 0 aromatic heterocycles. The maximum Gasteiger partial charge on any atom is 0.222 e. The molecule has 2 heterocycles. The van der Waals surface area contributed by atoms with Crippen molar-refractivity contribution in [2.24, 2.45) is 11.3 Å². The van der Waals surface area contributed by atoms with Gasteiger partial charge < -0.3 is 14.9 Å². The van der Waals surface area contributed by atoms with Crippen molar-refractivity contribution < 1.29 is 14.7 Å². The first-order chi connectivity index (χ1) is 16.3. The van der Waals surface area contributed by atoms with E-state index in [4.69, 9.17) is 0 Å². The van der Waals surface area contributed by atoms with Gasteiger partial charge in [0, 0.05) is 44.9 Å². The molecule has 1 aromatic rings. The number of carbonyl (C=O) groups is 2. The Balaban J connectivity index is 0.000000312. The summed E-state index contributed by atoms with van der Waals surface area (Å²) >= 11 is 0. The third-order valence-electron chi connectivity index (χ3n) is 6.99. The van der Waals surface area contributed by atoms with Gasteiger partial charge in [-0.3, -0.25) is 9.59 Å². The van der Waals surface area contributed by atoms with Gasteiger partial charge in [0.1, 0.15) is 0 Å². The molecule has 0 bridgehead atoms. The molecule has 0 spiro atoms. The minimum Gasteiger partial charge on any atom is -0.392 e. The number of hydrogen-bond donors (Lipinski definition) is 1. The van der Waals surface area contributed by atoms with Gasteiger partial charge in [-0.15, -0.1) is 0 Å². The van der Waals surface area contributed by atoms with Crippen LogP contribution in [-0.2, 0) is 9.59 Å². The normalized spacial score (nSPS) is 21.8. The summed E-state index contributed by atoms with van der Waals surface area (Å²) in [4.78, 5) is 26.5. The van der Waals surface area contributed by atoms with E-state index in [0.717, 1.165) is 44.7 Å². The highest BCUT2D eigenvalue weighted by Gasteiger charge is 2.36. The first kappa shape index (κ1) is 30.2. The van der Waals surface area contributed by atoms with Gasteiger partial charge in [-0.05, 0) is 25.2 Å². The number of nitrogens with zero attached hydrogens (tertiary/aromatic N) is 2. The lowest BCUT2D eigenvalue weighted by Crippen LogP contribution is -2.50. The fourth-order valence-corrected chi connectivity index (χ4v) is 4.69. The van der Waals surface area contributed by atoms with Crippen LogP contribution < -0.4 is 0 Å². The Labute approximate surface area is 208 Å². The third kappa shape index (κ3) is 11.5. The average Bonchev–Trinajstić information content (AvgIpc) is 3.25. The topological polar surface area (TPSA) is 60.9 Å². The molecular formula is C29H50N2O3. The Hall–Kier alpha value is -1.88. The molecule has 4 rings (SSSR count). The van der Waals surface area contributed by atoms with Crippen LogP contribution in [0.15, 0.2) is 36.4 Å². The Morgan fingerprint density at radius 3 is 1.91 bits per heavy atom. The molecule has 2 aliphatic heterocycles. The maximum absolute atomic E-state index is 12.3. The van der Waals surface area contributed by atoms with Crippen molar-refractivity contribution in [3.05, 3.63) is 36.4 Å². The highest BCUT2D eigenvalue weighted by molar-refractivity contribution is 5.77. The molecule has 5 nitrogen and oxygen atoms in total. The fraction of sp³-hybridized carbons (Fsp3) is 0.724. The number of aliphatic hydroxyl groups excluding tert-OH is 1. The number of benzene rings is 1. The minimum atomic E-state index is -0.269. The number of aliphatic hydroxyl groups is 1. The Morgan fingerprint density at radius 2 is 1.50 bits per heavy atom. The van der Waals surface area contributed by atoms with Crippen LogP contribution in [0, 0.1) is 11.3 Å². The summed E-state index contributed by atoms with van der Waals surface area (Å²) in [6, 6.07) is 12.0. The summed E-state index contributed by atoms with van der Waals surface area (Å²) in [6.07, 6.45) is 10.7. The molecule has 0 radical (unpaired) electrons. The molecule has 2 saturated heterocycles. The van der Waals surface area contributed by atoms with Crippen LogP contribution in [0.25, 0.3) is 0 Å². The van der Waals surface area contributed by atoms with Crippen LogP contribution in [-0.4, -0.2) is 59.5 Å². The van der Waals surface area contributed by atoms with Crippen molar-refractivity contribution in [3.8, 4) is 0 Å². The largest absolute Gasteiger partial charge is 0.392 e. The van der Waals surface area contributed by atoms with Gasteiger partial charge in [-0.25, -0.2) is 0 Å². The standard InChI is InChI=1S/C16H29NO2.C6H6.C5H9NO.C2H6/c1-16(2)12-17(11-10-14(16)18)15(19)9-8-13-6-4-3-5-7-13;1-2-4-6-5-3-1;1-6-4-2-3-5(6)7;1-2/h13-14,18H,3-12H2,1-2H3;1-6H;2-4H2,1H3;1-2H3. The molecule has 1 unspecified atom stereocenters. The third-order valence-corrected chi connectivity index (χ3v) is 6.99. The number of rotatable bonds is 3. The zero-order chi connectivity index (χ0) is 25.4. The van der Waals surface area contributed by atoms with Crippen molar-refractivity contribution in [3.63, 3.8) is 0 Å². The zero-order valence-electron chi connectivity index (χ0n) is 22.5. The Bertz CT molecular complexity index is 645. The van der Waals surface area contributed by atoms with Crippen LogP contribution in [0.3, 0.4) is 0 Å².